The SMILES string of the molecule is COc1ccccc1-c1[nH]c2ccc(Br)cc2c1F. The molecule has 0 amide bonds. The summed E-state index contributed by atoms with van der Waals surface area (Å²) >= 11 is 3.35. The Morgan fingerprint density at radius 1 is 1.16 bits per heavy atom. The largest absolute Gasteiger partial charge is 0.496 e. The van der Waals surface area contributed by atoms with Crippen LogP contribution < -0.4 is 4.74 Å². The fourth-order valence-corrected chi connectivity index (χ4v) is 2.53. The Kier molecular flexibility index (Phi) is 3.03. The third kappa shape index (κ3) is 2.02. The molecule has 0 unspecified atom stereocenters. The maximum Gasteiger partial charge on any atom is 0.156 e. The summed E-state index contributed by atoms with van der Waals surface area (Å²) in [6.45, 7) is 0. The average molecular weight is 320 g/mol. The number of hydrogen-bond acceptors (Lipinski definition) is 1. The first kappa shape index (κ1) is 12.2. The number of methoxy groups -OCH3 is 1. The Labute approximate surface area is 118 Å². The van der Waals surface area contributed by atoms with Gasteiger partial charge < -0.3 is 9.72 Å². The molecule has 0 radical (unpaired) electrons. The summed E-state index contributed by atoms with van der Waals surface area (Å²) in [5.74, 6) is 0.382. The highest BCUT2D eigenvalue weighted by Crippen LogP contribution is 2.35. The molecule has 19 heavy (non-hydrogen) atoms. The molecule has 0 bridgehead atoms. The van der Waals surface area contributed by atoms with Gasteiger partial charge in [0.25, 0.3) is 0 Å². The van der Waals surface area contributed by atoms with Crippen molar-refractivity contribution < 1.29 is 9.13 Å². The van der Waals surface area contributed by atoms with Gasteiger partial charge in [0.05, 0.1) is 12.8 Å². The monoisotopic (exact) mass is 319 g/mol. The van der Waals surface area contributed by atoms with Gasteiger partial charge in [-0.05, 0) is 30.3 Å². The van der Waals surface area contributed by atoms with Crippen molar-refractivity contribution in [2.45, 2.75) is 0 Å². The molecule has 1 N–H and O–H groups in total. The zero-order valence-corrected chi connectivity index (χ0v) is 11.8. The van der Waals surface area contributed by atoms with E-state index in [0.29, 0.717) is 16.8 Å². The molecule has 0 aliphatic rings. The molecule has 4 heteroatoms. The quantitative estimate of drug-likeness (QED) is 0.724. The minimum atomic E-state index is -0.263. The van der Waals surface area contributed by atoms with E-state index in [1.807, 2.05) is 36.4 Å². The standard InChI is InChI=1S/C15H11BrFNO/c1-19-13-5-3-2-4-10(13)15-14(17)11-8-9(16)6-7-12(11)18-15/h2-8,18H,1H3. The minimum absolute atomic E-state index is 0.263. The molecule has 2 nitrogen and oxygen atoms in total. The zero-order valence-electron chi connectivity index (χ0n) is 10.2. The lowest BCUT2D eigenvalue weighted by Crippen LogP contribution is -1.88. The molecule has 1 aromatic heterocycles. The topological polar surface area (TPSA) is 25.0 Å². The second-order valence-electron chi connectivity index (χ2n) is 4.20. The molecule has 0 spiro atoms. The van der Waals surface area contributed by atoms with Gasteiger partial charge in [-0.3, -0.25) is 0 Å². The Balaban J connectivity index is 2.28. The molecule has 0 saturated heterocycles. The van der Waals surface area contributed by atoms with Crippen LogP contribution in [0, 0.1) is 5.82 Å². The van der Waals surface area contributed by atoms with Crippen molar-refractivity contribution in [1.29, 1.82) is 0 Å². The van der Waals surface area contributed by atoms with Crippen molar-refractivity contribution >= 4 is 26.8 Å². The predicted molar refractivity (Wildman–Crippen MR) is 77.9 cm³/mol. The van der Waals surface area contributed by atoms with E-state index < -0.39 is 0 Å². The average Bonchev–Trinajstić information content (AvgIpc) is 2.76. The van der Waals surface area contributed by atoms with E-state index >= 15 is 0 Å². The fourth-order valence-electron chi connectivity index (χ4n) is 2.17. The number of ether oxygens (including phenoxy) is 1. The van der Waals surface area contributed by atoms with Gasteiger partial charge in [-0.1, -0.05) is 28.1 Å². The van der Waals surface area contributed by atoms with Crippen LogP contribution in [0.4, 0.5) is 4.39 Å². The van der Waals surface area contributed by atoms with Crippen LogP contribution in [0.1, 0.15) is 0 Å². The first-order chi connectivity index (χ1) is 9.20. The van der Waals surface area contributed by atoms with E-state index in [4.69, 9.17) is 4.74 Å². The van der Waals surface area contributed by atoms with Crippen molar-refractivity contribution in [3.8, 4) is 17.0 Å². The van der Waals surface area contributed by atoms with E-state index in [9.17, 15) is 4.39 Å². The van der Waals surface area contributed by atoms with Gasteiger partial charge in [0.1, 0.15) is 5.75 Å². The third-order valence-electron chi connectivity index (χ3n) is 3.07. The Morgan fingerprint density at radius 2 is 1.95 bits per heavy atom. The molecule has 0 fully saturated rings. The molecule has 3 aromatic rings. The van der Waals surface area contributed by atoms with Crippen molar-refractivity contribution in [2.75, 3.05) is 7.11 Å². The fraction of sp³-hybridized carbons (Fsp3) is 0.0667. The summed E-state index contributed by atoms with van der Waals surface area (Å²) in [5, 5.41) is 0.565. The highest BCUT2D eigenvalue weighted by molar-refractivity contribution is 9.10. The molecule has 1 heterocycles. The molecular formula is C15H11BrFNO. The predicted octanol–water partition coefficient (Wildman–Crippen LogP) is 4.75. The summed E-state index contributed by atoms with van der Waals surface area (Å²) in [6, 6.07) is 12.9. The van der Waals surface area contributed by atoms with Crippen LogP contribution in [0.15, 0.2) is 46.9 Å². The maximum atomic E-state index is 14.5. The second kappa shape index (κ2) is 4.70. The minimum Gasteiger partial charge on any atom is -0.496 e. The number of benzene rings is 2. The smallest absolute Gasteiger partial charge is 0.156 e. The van der Waals surface area contributed by atoms with E-state index in [1.165, 1.54) is 0 Å². The van der Waals surface area contributed by atoms with Gasteiger partial charge in [-0.15, -0.1) is 0 Å². The van der Waals surface area contributed by atoms with E-state index in [-0.39, 0.29) is 5.82 Å². The number of rotatable bonds is 2. The van der Waals surface area contributed by atoms with Crippen LogP contribution >= 0.6 is 15.9 Å². The van der Waals surface area contributed by atoms with Crippen molar-refractivity contribution in [3.05, 3.63) is 52.8 Å². The van der Waals surface area contributed by atoms with Crippen molar-refractivity contribution in [2.24, 2.45) is 0 Å². The Hall–Kier alpha value is -1.81. The number of aromatic amines is 1. The number of fused-ring (bicyclic) bond motifs is 1. The van der Waals surface area contributed by atoms with E-state index in [0.717, 1.165) is 15.6 Å². The number of nitrogens with one attached hydrogen (secondary N) is 1. The summed E-state index contributed by atoms with van der Waals surface area (Å²) < 4.78 is 20.6. The summed E-state index contributed by atoms with van der Waals surface area (Å²) in [7, 11) is 1.58. The van der Waals surface area contributed by atoms with Crippen molar-refractivity contribution in [3.63, 3.8) is 0 Å². The van der Waals surface area contributed by atoms with Crippen LogP contribution in [-0.4, -0.2) is 12.1 Å². The maximum absolute atomic E-state index is 14.5. The number of hydrogen-bond donors (Lipinski definition) is 1. The molecule has 0 aliphatic heterocycles. The second-order valence-corrected chi connectivity index (χ2v) is 5.12. The Bertz CT molecular complexity index is 751. The number of aromatic nitrogens is 1. The first-order valence-corrected chi connectivity index (χ1v) is 6.60. The molecule has 3 rings (SSSR count). The normalized spacial score (nSPS) is 10.9. The van der Waals surface area contributed by atoms with Gasteiger partial charge in [0, 0.05) is 20.9 Å². The summed E-state index contributed by atoms with van der Waals surface area (Å²) in [6.07, 6.45) is 0. The molecule has 0 aliphatic carbocycles. The van der Waals surface area contributed by atoms with Gasteiger partial charge in [0.15, 0.2) is 5.82 Å². The van der Waals surface area contributed by atoms with Crippen LogP contribution in [0.25, 0.3) is 22.2 Å². The van der Waals surface area contributed by atoms with Crippen LogP contribution in [0.5, 0.6) is 5.75 Å². The van der Waals surface area contributed by atoms with Gasteiger partial charge in [0.2, 0.25) is 0 Å². The molecule has 0 saturated carbocycles. The van der Waals surface area contributed by atoms with Gasteiger partial charge in [-0.2, -0.15) is 0 Å². The molecule has 0 atom stereocenters. The van der Waals surface area contributed by atoms with Crippen LogP contribution in [0.2, 0.25) is 0 Å². The molecule has 2 aromatic carbocycles. The van der Waals surface area contributed by atoms with E-state index in [1.54, 1.807) is 13.2 Å². The Morgan fingerprint density at radius 3 is 2.74 bits per heavy atom. The zero-order chi connectivity index (χ0) is 13.4. The summed E-state index contributed by atoms with van der Waals surface area (Å²) in [4.78, 5) is 3.11. The van der Waals surface area contributed by atoms with E-state index in [2.05, 4.69) is 20.9 Å². The highest BCUT2D eigenvalue weighted by Gasteiger charge is 2.16. The lowest BCUT2D eigenvalue weighted by Gasteiger charge is -2.06. The lowest BCUT2D eigenvalue weighted by molar-refractivity contribution is 0.416. The number of H-pyrrole nitrogens is 1. The number of halogens is 2. The summed E-state index contributed by atoms with van der Waals surface area (Å²) in [5.41, 5.74) is 1.93. The number of para-hydroxylation sites is 1. The first-order valence-electron chi connectivity index (χ1n) is 5.81. The van der Waals surface area contributed by atoms with Crippen LogP contribution in [-0.2, 0) is 0 Å². The highest BCUT2D eigenvalue weighted by atomic mass is 79.9. The molecular weight excluding hydrogens is 309 g/mol. The van der Waals surface area contributed by atoms with Gasteiger partial charge >= 0.3 is 0 Å². The van der Waals surface area contributed by atoms with Gasteiger partial charge in [-0.25, -0.2) is 4.39 Å². The third-order valence-corrected chi connectivity index (χ3v) is 3.57. The van der Waals surface area contributed by atoms with Crippen LogP contribution in [0.3, 0.4) is 0 Å². The van der Waals surface area contributed by atoms with Crippen molar-refractivity contribution in [1.82, 2.24) is 4.98 Å². The molecule has 96 valence electrons. The lowest BCUT2D eigenvalue weighted by atomic mass is 10.1.